The third-order valence-electron chi connectivity index (χ3n) is 7.03. The van der Waals surface area contributed by atoms with E-state index < -0.39 is 0 Å². The normalized spacial score (nSPS) is 14.3. The number of halogens is 2. The second kappa shape index (κ2) is 17.1. The fraction of sp³-hybridized carbons (Fsp3) is 0.270. The highest BCUT2D eigenvalue weighted by Crippen LogP contribution is 2.30. The summed E-state index contributed by atoms with van der Waals surface area (Å²) in [6.45, 7) is 9.98. The molecule has 0 unspecified atom stereocenters. The topological polar surface area (TPSA) is 64.3 Å². The quantitative estimate of drug-likeness (QED) is 0.212. The average Bonchev–Trinajstić information content (AvgIpc) is 3.28. The minimum atomic E-state index is -0.295. The highest BCUT2D eigenvalue weighted by atomic mass is 35.5. The molecule has 3 heterocycles. The number of nitrogens with zero attached hydrogens (tertiary/aromatic N) is 4. The minimum Gasteiger partial charge on any atom is -0.488 e. The first-order valence-electron chi connectivity index (χ1n) is 15.6. The SMILES string of the molecule is CC.CC.Fc1cccc(COC2=C(Cl)CC=C(Nc3ncnc4ccc(-c5ccn(CC6=CC=NCCC6)c5)cc34)C=C2)c1. The van der Waals surface area contributed by atoms with Crippen molar-refractivity contribution in [2.24, 2.45) is 4.99 Å². The number of hydrogen-bond acceptors (Lipinski definition) is 5. The van der Waals surface area contributed by atoms with E-state index in [2.05, 4.69) is 61.5 Å². The number of ether oxygens (including phenoxy) is 1. The second-order valence-electron chi connectivity index (χ2n) is 10.0. The standard InChI is InChI=1S/C33H29ClFN5O.2C2H6/c34-30-9-7-28(8-11-32(30)41-21-24-3-1-5-27(35)17-24)39-33-29-18-25(6-10-31(29)37-22-38-33)26-13-16-40(20-26)19-23-4-2-14-36-15-12-23;2*1-2/h1,3,5-8,10-13,15-18,20,22H,2,4,9,14,19,21H2,(H,37,38,39);2*1-2H3. The van der Waals surface area contributed by atoms with Crippen LogP contribution in [-0.4, -0.2) is 27.3 Å². The van der Waals surface area contributed by atoms with Crippen molar-refractivity contribution in [2.45, 2.75) is 60.1 Å². The molecule has 6 rings (SSSR count). The summed E-state index contributed by atoms with van der Waals surface area (Å²) in [6.07, 6.45) is 18.3. The third kappa shape index (κ3) is 9.25. The number of fused-ring (bicyclic) bond motifs is 1. The van der Waals surface area contributed by atoms with Crippen molar-refractivity contribution in [3.8, 4) is 11.1 Å². The Bertz CT molecular complexity index is 1730. The average molecular weight is 626 g/mol. The molecule has 8 heteroatoms. The largest absolute Gasteiger partial charge is 0.488 e. The van der Waals surface area contributed by atoms with Crippen molar-refractivity contribution in [1.29, 1.82) is 0 Å². The fourth-order valence-corrected chi connectivity index (χ4v) is 5.09. The minimum absolute atomic E-state index is 0.226. The van der Waals surface area contributed by atoms with E-state index in [-0.39, 0.29) is 12.4 Å². The molecular formula is C37H41ClFN5O. The van der Waals surface area contributed by atoms with Gasteiger partial charge in [0.25, 0.3) is 0 Å². The van der Waals surface area contributed by atoms with Crippen LogP contribution < -0.4 is 5.32 Å². The lowest BCUT2D eigenvalue weighted by molar-refractivity contribution is 0.209. The number of hydrogen-bond donors (Lipinski definition) is 1. The molecule has 0 amide bonds. The van der Waals surface area contributed by atoms with E-state index >= 15 is 0 Å². The number of benzene rings is 2. The molecule has 2 aromatic carbocycles. The molecule has 0 saturated carbocycles. The number of aliphatic imine (C=N–C) groups is 1. The van der Waals surface area contributed by atoms with Gasteiger partial charge in [0.2, 0.25) is 0 Å². The van der Waals surface area contributed by atoms with E-state index in [1.165, 1.54) is 17.7 Å². The van der Waals surface area contributed by atoms with Gasteiger partial charge in [0.1, 0.15) is 30.3 Å². The zero-order valence-corrected chi connectivity index (χ0v) is 27.2. The first kappa shape index (κ1) is 33.4. The van der Waals surface area contributed by atoms with Gasteiger partial charge in [0.05, 0.1) is 10.5 Å². The molecule has 0 atom stereocenters. The summed E-state index contributed by atoms with van der Waals surface area (Å²) < 4.78 is 21.6. The van der Waals surface area contributed by atoms with E-state index in [1.54, 1.807) is 12.4 Å². The van der Waals surface area contributed by atoms with Crippen LogP contribution in [-0.2, 0) is 17.9 Å². The van der Waals surface area contributed by atoms with Gasteiger partial charge in [0.15, 0.2) is 0 Å². The Morgan fingerprint density at radius 1 is 1.00 bits per heavy atom. The van der Waals surface area contributed by atoms with E-state index in [0.717, 1.165) is 59.2 Å². The predicted molar refractivity (Wildman–Crippen MR) is 186 cm³/mol. The number of anilines is 1. The summed E-state index contributed by atoms with van der Waals surface area (Å²) in [5.41, 5.74) is 6.03. The lowest BCUT2D eigenvalue weighted by Crippen LogP contribution is -2.01. The van der Waals surface area contributed by atoms with Crippen LogP contribution in [0.1, 0.15) is 52.5 Å². The molecule has 1 aliphatic heterocycles. The Labute approximate surface area is 270 Å². The van der Waals surface area contributed by atoms with Crippen molar-refractivity contribution in [2.75, 3.05) is 11.9 Å². The summed E-state index contributed by atoms with van der Waals surface area (Å²) in [5, 5.41) is 4.93. The zero-order valence-electron chi connectivity index (χ0n) is 26.4. The Morgan fingerprint density at radius 2 is 1.87 bits per heavy atom. The smallest absolute Gasteiger partial charge is 0.141 e. The molecule has 45 heavy (non-hydrogen) atoms. The second-order valence-corrected chi connectivity index (χ2v) is 10.5. The third-order valence-corrected chi connectivity index (χ3v) is 7.38. The summed E-state index contributed by atoms with van der Waals surface area (Å²) in [5.74, 6) is 0.960. The van der Waals surface area contributed by atoms with Gasteiger partial charge in [-0.05, 0) is 83.7 Å². The van der Waals surface area contributed by atoms with Crippen molar-refractivity contribution < 1.29 is 9.13 Å². The predicted octanol–water partition coefficient (Wildman–Crippen LogP) is 10.0. The lowest BCUT2D eigenvalue weighted by atomic mass is 10.1. The molecule has 1 aliphatic carbocycles. The summed E-state index contributed by atoms with van der Waals surface area (Å²) in [6, 6.07) is 14.7. The van der Waals surface area contributed by atoms with Gasteiger partial charge in [-0.2, -0.15) is 0 Å². The number of nitrogens with one attached hydrogen (secondary N) is 1. The van der Waals surface area contributed by atoms with E-state index in [1.807, 2.05) is 64.3 Å². The van der Waals surface area contributed by atoms with Crippen LogP contribution in [0, 0.1) is 5.82 Å². The van der Waals surface area contributed by atoms with Crippen molar-refractivity contribution in [1.82, 2.24) is 14.5 Å². The van der Waals surface area contributed by atoms with E-state index in [0.29, 0.717) is 23.0 Å². The molecule has 1 N–H and O–H groups in total. The molecule has 0 fully saturated rings. The van der Waals surface area contributed by atoms with Crippen LogP contribution in [0.5, 0.6) is 0 Å². The molecule has 2 aromatic heterocycles. The maximum atomic E-state index is 13.5. The maximum absolute atomic E-state index is 13.5. The molecule has 2 aliphatic rings. The summed E-state index contributed by atoms with van der Waals surface area (Å²) in [7, 11) is 0. The van der Waals surface area contributed by atoms with Gasteiger partial charge in [0, 0.05) is 49.2 Å². The Kier molecular flexibility index (Phi) is 12.7. The van der Waals surface area contributed by atoms with Gasteiger partial charge in [-0.1, -0.05) is 63.6 Å². The van der Waals surface area contributed by atoms with Gasteiger partial charge >= 0.3 is 0 Å². The first-order valence-corrected chi connectivity index (χ1v) is 16.0. The van der Waals surface area contributed by atoms with Crippen molar-refractivity contribution >= 4 is 34.5 Å². The number of rotatable bonds is 8. The van der Waals surface area contributed by atoms with Crippen LogP contribution in [0.4, 0.5) is 10.2 Å². The Hall–Kier alpha value is -4.49. The molecule has 6 nitrogen and oxygen atoms in total. The molecule has 234 valence electrons. The summed E-state index contributed by atoms with van der Waals surface area (Å²) in [4.78, 5) is 13.4. The van der Waals surface area contributed by atoms with Crippen LogP contribution in [0.25, 0.3) is 22.0 Å². The monoisotopic (exact) mass is 625 g/mol. The van der Waals surface area contributed by atoms with Crippen molar-refractivity contribution in [3.05, 3.63) is 125 Å². The number of aromatic nitrogens is 3. The highest BCUT2D eigenvalue weighted by molar-refractivity contribution is 6.30. The zero-order chi connectivity index (χ0) is 32.0. The van der Waals surface area contributed by atoms with Gasteiger partial charge in [-0.3, -0.25) is 4.99 Å². The molecule has 0 saturated heterocycles. The highest BCUT2D eigenvalue weighted by Gasteiger charge is 2.12. The summed E-state index contributed by atoms with van der Waals surface area (Å²) >= 11 is 6.53. The van der Waals surface area contributed by atoms with Crippen LogP contribution in [0.3, 0.4) is 0 Å². The van der Waals surface area contributed by atoms with E-state index in [9.17, 15) is 4.39 Å². The van der Waals surface area contributed by atoms with E-state index in [4.69, 9.17) is 16.3 Å². The van der Waals surface area contributed by atoms with Gasteiger partial charge < -0.3 is 14.6 Å². The maximum Gasteiger partial charge on any atom is 0.141 e. The van der Waals surface area contributed by atoms with Gasteiger partial charge in [-0.15, -0.1) is 0 Å². The van der Waals surface area contributed by atoms with Crippen LogP contribution in [0.2, 0.25) is 0 Å². The fourth-order valence-electron chi connectivity index (χ4n) is 4.89. The Morgan fingerprint density at radius 3 is 2.71 bits per heavy atom. The molecule has 0 spiro atoms. The lowest BCUT2D eigenvalue weighted by Gasteiger charge is -2.10. The van der Waals surface area contributed by atoms with Crippen molar-refractivity contribution in [3.63, 3.8) is 0 Å². The Balaban J connectivity index is 0.00000111. The first-order chi connectivity index (χ1) is 22.1. The van der Waals surface area contributed by atoms with Gasteiger partial charge in [-0.25, -0.2) is 14.4 Å². The van der Waals surface area contributed by atoms with Crippen LogP contribution >= 0.6 is 11.6 Å². The molecule has 0 bridgehead atoms. The van der Waals surface area contributed by atoms with Crippen LogP contribution in [0.15, 0.2) is 119 Å². The molecule has 4 aromatic rings. The number of allylic oxidation sites excluding steroid dienone is 6. The molecular weight excluding hydrogens is 585 g/mol. The molecule has 0 radical (unpaired) electrons.